The normalized spacial score (nSPS) is 15.8. The predicted octanol–water partition coefficient (Wildman–Crippen LogP) is 4.08. The SMILES string of the molecule is Cc1cc(C)n(-c2ccc(NC(=O)C3=NOC(c4ccccc4)C3)cc2F)n1. The summed E-state index contributed by atoms with van der Waals surface area (Å²) < 4.78 is 16.1. The maximum atomic E-state index is 14.6. The summed E-state index contributed by atoms with van der Waals surface area (Å²) in [4.78, 5) is 17.8. The van der Waals surface area contributed by atoms with Crippen molar-refractivity contribution in [3.05, 3.63) is 77.4 Å². The summed E-state index contributed by atoms with van der Waals surface area (Å²) in [7, 11) is 0. The van der Waals surface area contributed by atoms with Gasteiger partial charge in [-0.15, -0.1) is 0 Å². The molecule has 0 spiro atoms. The van der Waals surface area contributed by atoms with E-state index in [1.54, 1.807) is 12.1 Å². The Morgan fingerprint density at radius 3 is 2.64 bits per heavy atom. The number of carbonyl (C=O) groups is 1. The predicted molar refractivity (Wildman–Crippen MR) is 104 cm³/mol. The van der Waals surface area contributed by atoms with Crippen LogP contribution in [0, 0.1) is 19.7 Å². The van der Waals surface area contributed by atoms with E-state index in [1.807, 2.05) is 50.2 Å². The fraction of sp³-hybridized carbons (Fsp3) is 0.190. The molecule has 1 unspecified atom stereocenters. The lowest BCUT2D eigenvalue weighted by Crippen LogP contribution is -2.22. The molecular formula is C21H19FN4O2. The first-order valence-electron chi connectivity index (χ1n) is 8.93. The van der Waals surface area contributed by atoms with E-state index in [2.05, 4.69) is 15.6 Å². The second-order valence-electron chi connectivity index (χ2n) is 6.71. The highest BCUT2D eigenvalue weighted by Crippen LogP contribution is 2.27. The summed E-state index contributed by atoms with van der Waals surface area (Å²) >= 11 is 0. The molecule has 1 atom stereocenters. The zero-order valence-corrected chi connectivity index (χ0v) is 15.5. The van der Waals surface area contributed by atoms with E-state index < -0.39 is 11.7 Å². The molecule has 0 saturated heterocycles. The Morgan fingerprint density at radius 2 is 1.96 bits per heavy atom. The van der Waals surface area contributed by atoms with Gasteiger partial charge in [0.1, 0.15) is 11.4 Å². The largest absolute Gasteiger partial charge is 0.387 e. The van der Waals surface area contributed by atoms with E-state index >= 15 is 0 Å². The molecule has 28 heavy (non-hydrogen) atoms. The quantitative estimate of drug-likeness (QED) is 0.744. The summed E-state index contributed by atoms with van der Waals surface area (Å²) in [6.45, 7) is 3.71. The molecular weight excluding hydrogens is 359 g/mol. The molecule has 3 aromatic rings. The van der Waals surface area contributed by atoms with Crippen LogP contribution in [-0.4, -0.2) is 21.4 Å². The molecule has 2 aromatic carbocycles. The smallest absolute Gasteiger partial charge is 0.273 e. The lowest BCUT2D eigenvalue weighted by Gasteiger charge is -2.09. The second-order valence-corrected chi connectivity index (χ2v) is 6.71. The third-order valence-corrected chi connectivity index (χ3v) is 4.55. The standard InChI is InChI=1S/C21H19FN4O2/c1-13-10-14(2)26(24-13)19-9-8-16(11-17(19)22)23-21(27)18-12-20(28-25-18)15-6-4-3-5-7-15/h3-11,20H,12H2,1-2H3,(H,23,27). The van der Waals surface area contributed by atoms with Crippen LogP contribution in [0.3, 0.4) is 0 Å². The van der Waals surface area contributed by atoms with Crippen molar-refractivity contribution in [2.45, 2.75) is 26.4 Å². The number of nitrogens with one attached hydrogen (secondary N) is 1. The minimum absolute atomic E-state index is 0.275. The van der Waals surface area contributed by atoms with E-state index in [0.29, 0.717) is 17.8 Å². The minimum Gasteiger partial charge on any atom is -0.387 e. The molecule has 0 fully saturated rings. The van der Waals surface area contributed by atoms with Crippen LogP contribution in [0.5, 0.6) is 0 Å². The Hall–Kier alpha value is -3.48. The third kappa shape index (κ3) is 3.51. The van der Waals surface area contributed by atoms with Crippen LogP contribution < -0.4 is 5.32 Å². The molecule has 142 valence electrons. The van der Waals surface area contributed by atoms with E-state index in [-0.39, 0.29) is 11.8 Å². The highest BCUT2D eigenvalue weighted by molar-refractivity contribution is 6.43. The molecule has 1 amide bonds. The number of aryl methyl sites for hydroxylation is 2. The number of amides is 1. The van der Waals surface area contributed by atoms with Crippen LogP contribution >= 0.6 is 0 Å². The molecule has 6 nitrogen and oxygen atoms in total. The van der Waals surface area contributed by atoms with Gasteiger partial charge < -0.3 is 10.2 Å². The molecule has 7 heteroatoms. The number of benzene rings is 2. The van der Waals surface area contributed by atoms with Gasteiger partial charge in [-0.1, -0.05) is 35.5 Å². The van der Waals surface area contributed by atoms with Crippen molar-refractivity contribution in [3.8, 4) is 5.69 Å². The highest BCUT2D eigenvalue weighted by Gasteiger charge is 2.27. The van der Waals surface area contributed by atoms with E-state index in [9.17, 15) is 9.18 Å². The first kappa shape index (κ1) is 17.9. The van der Waals surface area contributed by atoms with Crippen LogP contribution in [0.4, 0.5) is 10.1 Å². The Morgan fingerprint density at radius 1 is 1.18 bits per heavy atom. The van der Waals surface area contributed by atoms with Gasteiger partial charge in [-0.25, -0.2) is 9.07 Å². The molecule has 4 rings (SSSR count). The number of carbonyl (C=O) groups excluding carboxylic acids is 1. The molecule has 0 bridgehead atoms. The van der Waals surface area contributed by atoms with Crippen LogP contribution in [-0.2, 0) is 9.63 Å². The molecule has 1 aliphatic heterocycles. The average molecular weight is 378 g/mol. The van der Waals surface area contributed by atoms with Gasteiger partial charge in [-0.2, -0.15) is 5.10 Å². The van der Waals surface area contributed by atoms with Gasteiger partial charge >= 0.3 is 0 Å². The van der Waals surface area contributed by atoms with Gasteiger partial charge in [0.15, 0.2) is 11.9 Å². The maximum Gasteiger partial charge on any atom is 0.273 e. The molecule has 1 N–H and O–H groups in total. The number of nitrogens with zero attached hydrogens (tertiary/aromatic N) is 3. The Balaban J connectivity index is 1.45. The molecule has 0 radical (unpaired) electrons. The lowest BCUT2D eigenvalue weighted by atomic mass is 10.0. The molecule has 1 aromatic heterocycles. The second kappa shape index (κ2) is 7.26. The number of hydrogen-bond donors (Lipinski definition) is 1. The van der Waals surface area contributed by atoms with Crippen LogP contribution in [0.1, 0.15) is 29.5 Å². The van der Waals surface area contributed by atoms with Gasteiger partial charge in [0, 0.05) is 17.8 Å². The van der Waals surface area contributed by atoms with Gasteiger partial charge in [0.05, 0.1) is 5.69 Å². The maximum absolute atomic E-state index is 14.6. The summed E-state index contributed by atoms with van der Waals surface area (Å²) in [5.41, 5.74) is 3.54. The summed E-state index contributed by atoms with van der Waals surface area (Å²) in [6, 6.07) is 15.9. The first-order valence-corrected chi connectivity index (χ1v) is 8.93. The molecule has 0 saturated carbocycles. The van der Waals surface area contributed by atoms with Crippen molar-refractivity contribution in [1.29, 1.82) is 0 Å². The Kier molecular flexibility index (Phi) is 4.65. The molecule has 1 aliphatic rings. The molecule has 2 heterocycles. The van der Waals surface area contributed by atoms with E-state index in [4.69, 9.17) is 4.84 Å². The van der Waals surface area contributed by atoms with Gasteiger partial charge in [-0.05, 0) is 43.7 Å². The number of aromatic nitrogens is 2. The average Bonchev–Trinajstić information content (AvgIpc) is 3.29. The monoisotopic (exact) mass is 378 g/mol. The molecule has 0 aliphatic carbocycles. The van der Waals surface area contributed by atoms with Gasteiger partial charge in [-0.3, -0.25) is 4.79 Å². The van der Waals surface area contributed by atoms with Crippen molar-refractivity contribution in [2.75, 3.05) is 5.32 Å². The Labute approximate surface area is 161 Å². The lowest BCUT2D eigenvalue weighted by molar-refractivity contribution is -0.110. The number of rotatable bonds is 4. The topological polar surface area (TPSA) is 68.5 Å². The zero-order valence-electron chi connectivity index (χ0n) is 15.5. The first-order chi connectivity index (χ1) is 13.5. The van der Waals surface area contributed by atoms with Crippen LogP contribution in [0.15, 0.2) is 59.8 Å². The van der Waals surface area contributed by atoms with Crippen molar-refractivity contribution in [2.24, 2.45) is 5.16 Å². The van der Waals surface area contributed by atoms with Gasteiger partial charge in [0.25, 0.3) is 5.91 Å². The zero-order chi connectivity index (χ0) is 19.7. The van der Waals surface area contributed by atoms with Crippen molar-refractivity contribution in [3.63, 3.8) is 0 Å². The fourth-order valence-corrected chi connectivity index (χ4v) is 3.19. The third-order valence-electron chi connectivity index (χ3n) is 4.55. The Bertz CT molecular complexity index is 1060. The van der Waals surface area contributed by atoms with Crippen LogP contribution in [0.25, 0.3) is 5.69 Å². The van der Waals surface area contributed by atoms with Crippen LogP contribution in [0.2, 0.25) is 0 Å². The minimum atomic E-state index is -0.476. The van der Waals surface area contributed by atoms with Crippen molar-refractivity contribution >= 4 is 17.3 Å². The number of hydrogen-bond acceptors (Lipinski definition) is 4. The summed E-state index contributed by atoms with van der Waals surface area (Å²) in [6.07, 6.45) is 0.0782. The fourth-order valence-electron chi connectivity index (χ4n) is 3.19. The number of oxime groups is 1. The number of halogens is 1. The van der Waals surface area contributed by atoms with Crippen molar-refractivity contribution in [1.82, 2.24) is 9.78 Å². The summed E-state index contributed by atoms with van der Waals surface area (Å²) in [5, 5.41) is 10.8. The summed E-state index contributed by atoms with van der Waals surface area (Å²) in [5.74, 6) is -0.882. The van der Waals surface area contributed by atoms with E-state index in [1.165, 1.54) is 10.7 Å². The van der Waals surface area contributed by atoms with Gasteiger partial charge in [0.2, 0.25) is 0 Å². The van der Waals surface area contributed by atoms with Crippen molar-refractivity contribution < 1.29 is 14.0 Å². The number of anilines is 1. The highest BCUT2D eigenvalue weighted by atomic mass is 19.1. The van der Waals surface area contributed by atoms with E-state index in [0.717, 1.165) is 17.0 Å².